The fourth-order valence-electron chi connectivity index (χ4n) is 4.91. The van der Waals surface area contributed by atoms with Crippen molar-refractivity contribution in [2.45, 2.75) is 56.7 Å². The molecule has 2 aliphatic rings. The highest BCUT2D eigenvalue weighted by Gasteiger charge is 2.37. The summed E-state index contributed by atoms with van der Waals surface area (Å²) < 4.78 is 31.3. The van der Waals surface area contributed by atoms with Crippen LogP contribution in [0.15, 0.2) is 60.7 Å². The molecule has 2 heterocycles. The van der Waals surface area contributed by atoms with E-state index in [4.69, 9.17) is 14.2 Å². The van der Waals surface area contributed by atoms with Gasteiger partial charge in [-0.3, -0.25) is 0 Å². The van der Waals surface area contributed by atoms with Crippen LogP contribution in [-0.4, -0.2) is 52.9 Å². The average Bonchev–Trinajstić information content (AvgIpc) is 3.31. The number of halogens is 1. The van der Waals surface area contributed by atoms with Crippen molar-refractivity contribution in [3.63, 3.8) is 0 Å². The number of rotatable bonds is 7. The Kier molecular flexibility index (Phi) is 7.25. The monoisotopic (exact) mass is 494 g/mol. The molecule has 3 aromatic rings. The third-order valence-electron chi connectivity index (χ3n) is 7.03. The van der Waals surface area contributed by atoms with Crippen molar-refractivity contribution in [1.29, 1.82) is 0 Å². The largest absolute Gasteiger partial charge is 0.490 e. The lowest BCUT2D eigenvalue weighted by Crippen LogP contribution is -2.47. The summed E-state index contributed by atoms with van der Waals surface area (Å²) in [5.41, 5.74) is 5.16. The van der Waals surface area contributed by atoms with E-state index >= 15 is 0 Å². The molecule has 5 rings (SSSR count). The van der Waals surface area contributed by atoms with E-state index in [9.17, 15) is 19.7 Å². The minimum absolute atomic E-state index is 0.214. The maximum atomic E-state index is 13.9. The third kappa shape index (κ3) is 5.25. The fraction of sp³-hybridized carbons (Fsp3) is 0.379. The summed E-state index contributed by atoms with van der Waals surface area (Å²) in [4.78, 5) is 0. The molecule has 0 spiro atoms. The molecule has 0 amide bonds. The highest BCUT2D eigenvalue weighted by atomic mass is 19.1. The molecule has 1 saturated heterocycles. The lowest BCUT2D eigenvalue weighted by atomic mass is 9.91. The second kappa shape index (κ2) is 10.6. The van der Waals surface area contributed by atoms with Crippen molar-refractivity contribution in [2.75, 3.05) is 13.2 Å². The van der Waals surface area contributed by atoms with E-state index in [0.29, 0.717) is 25.2 Å². The molecular weight excluding hydrogens is 463 g/mol. The first-order valence-corrected chi connectivity index (χ1v) is 12.3. The Morgan fingerprint density at radius 2 is 1.86 bits per heavy atom. The highest BCUT2D eigenvalue weighted by Crippen LogP contribution is 2.34. The quantitative estimate of drug-likeness (QED) is 0.465. The summed E-state index contributed by atoms with van der Waals surface area (Å²) in [6.07, 6.45) is -1.84. The van der Waals surface area contributed by atoms with Gasteiger partial charge in [0, 0.05) is 18.4 Å². The number of benzene rings is 3. The van der Waals surface area contributed by atoms with Gasteiger partial charge >= 0.3 is 0 Å². The summed E-state index contributed by atoms with van der Waals surface area (Å²) in [6, 6.07) is 18.9. The van der Waals surface area contributed by atoms with Crippen molar-refractivity contribution >= 4 is 0 Å². The smallest absolute Gasteiger partial charge is 0.165 e. The predicted octanol–water partition coefficient (Wildman–Crippen LogP) is 3.65. The summed E-state index contributed by atoms with van der Waals surface area (Å²) >= 11 is 0. The van der Waals surface area contributed by atoms with Gasteiger partial charge in [0.15, 0.2) is 11.6 Å². The van der Waals surface area contributed by atoms with Crippen LogP contribution in [0.1, 0.15) is 40.3 Å². The Morgan fingerprint density at radius 3 is 2.61 bits per heavy atom. The minimum Gasteiger partial charge on any atom is -0.490 e. The summed E-state index contributed by atoms with van der Waals surface area (Å²) in [5.74, 6) is 0.716. The lowest BCUT2D eigenvalue weighted by molar-refractivity contribution is -0.181. The first kappa shape index (κ1) is 24.7. The number of aryl methyl sites for hydroxylation is 1. The van der Waals surface area contributed by atoms with Gasteiger partial charge in [0.1, 0.15) is 30.7 Å². The van der Waals surface area contributed by atoms with Crippen LogP contribution in [0.3, 0.4) is 0 Å². The first-order chi connectivity index (χ1) is 17.4. The van der Waals surface area contributed by atoms with Crippen LogP contribution >= 0.6 is 0 Å². The van der Waals surface area contributed by atoms with Crippen LogP contribution in [0.25, 0.3) is 0 Å². The Morgan fingerprint density at radius 1 is 1.06 bits per heavy atom. The molecule has 190 valence electrons. The molecule has 0 bridgehead atoms. The molecule has 1 fully saturated rings. The van der Waals surface area contributed by atoms with Crippen molar-refractivity contribution in [2.24, 2.45) is 0 Å². The average molecular weight is 495 g/mol. The second-order valence-electron chi connectivity index (χ2n) is 9.63. The fourth-order valence-corrected chi connectivity index (χ4v) is 4.91. The summed E-state index contributed by atoms with van der Waals surface area (Å²) in [7, 11) is 0. The van der Waals surface area contributed by atoms with E-state index in [1.54, 1.807) is 6.07 Å². The van der Waals surface area contributed by atoms with Crippen LogP contribution in [0.4, 0.5) is 4.39 Å². The lowest BCUT2D eigenvalue weighted by Gasteiger charge is -2.36. The molecular formula is C29H31FO6. The van der Waals surface area contributed by atoms with Gasteiger partial charge in [-0.25, -0.2) is 4.39 Å². The van der Waals surface area contributed by atoms with Gasteiger partial charge in [-0.05, 0) is 53.8 Å². The second-order valence-corrected chi connectivity index (χ2v) is 9.63. The minimum atomic E-state index is -1.09. The molecule has 0 saturated carbocycles. The van der Waals surface area contributed by atoms with Gasteiger partial charge in [-0.2, -0.15) is 0 Å². The number of ether oxygens (including phenoxy) is 3. The van der Waals surface area contributed by atoms with Gasteiger partial charge < -0.3 is 29.5 Å². The van der Waals surface area contributed by atoms with Gasteiger partial charge in [0.2, 0.25) is 0 Å². The molecule has 5 atom stereocenters. The molecule has 3 aromatic carbocycles. The summed E-state index contributed by atoms with van der Waals surface area (Å²) in [6.45, 7) is 2.04. The number of hydrogen-bond donors (Lipinski definition) is 3. The number of aliphatic hydroxyl groups excluding tert-OH is 3. The zero-order valence-electron chi connectivity index (χ0n) is 20.1. The number of aliphatic hydroxyl groups is 3. The molecule has 0 aromatic heterocycles. The topological polar surface area (TPSA) is 88.4 Å². The third-order valence-corrected chi connectivity index (χ3v) is 7.03. The van der Waals surface area contributed by atoms with Crippen molar-refractivity contribution in [1.82, 2.24) is 0 Å². The van der Waals surface area contributed by atoms with Crippen LogP contribution in [0, 0.1) is 12.7 Å². The normalized spacial score (nSPS) is 25.3. The molecule has 7 heteroatoms. The van der Waals surface area contributed by atoms with Crippen molar-refractivity contribution in [3.8, 4) is 11.5 Å². The number of para-hydroxylation sites is 1. The van der Waals surface area contributed by atoms with Crippen LogP contribution in [0.5, 0.6) is 11.5 Å². The Labute approximate surface area is 209 Å². The van der Waals surface area contributed by atoms with Gasteiger partial charge in [-0.15, -0.1) is 0 Å². The predicted molar refractivity (Wildman–Crippen MR) is 132 cm³/mol. The molecule has 3 N–H and O–H groups in total. The van der Waals surface area contributed by atoms with E-state index in [1.807, 2.05) is 42.5 Å². The molecule has 36 heavy (non-hydrogen) atoms. The van der Waals surface area contributed by atoms with Gasteiger partial charge in [-0.1, -0.05) is 42.5 Å². The van der Waals surface area contributed by atoms with Gasteiger partial charge in [0.25, 0.3) is 0 Å². The Bertz CT molecular complexity index is 1200. The molecule has 2 aliphatic heterocycles. The van der Waals surface area contributed by atoms with E-state index < -0.39 is 24.4 Å². The van der Waals surface area contributed by atoms with Crippen LogP contribution in [0.2, 0.25) is 0 Å². The number of hydrogen-bond acceptors (Lipinski definition) is 6. The Hall–Kier alpha value is -2.97. The molecule has 6 nitrogen and oxygen atoms in total. The van der Waals surface area contributed by atoms with Gasteiger partial charge in [0.05, 0.1) is 18.8 Å². The maximum absolute atomic E-state index is 13.9. The Balaban J connectivity index is 1.20. The van der Waals surface area contributed by atoms with Crippen molar-refractivity contribution in [3.05, 3.63) is 94.3 Å². The van der Waals surface area contributed by atoms with E-state index in [1.165, 1.54) is 6.07 Å². The highest BCUT2D eigenvalue weighted by molar-refractivity contribution is 5.40. The SMILES string of the molecule is Cc1ccc([C@H]2C[C@@H](O)[C@H](O)[C@@H](CO)O2)cc1Cc1ccc(OCC2Cc3cccc(F)c3O2)cc1. The number of fused-ring (bicyclic) bond motifs is 1. The van der Waals surface area contributed by atoms with E-state index in [-0.39, 0.29) is 24.9 Å². The zero-order valence-corrected chi connectivity index (χ0v) is 20.1. The van der Waals surface area contributed by atoms with Crippen LogP contribution in [-0.2, 0) is 17.6 Å². The van der Waals surface area contributed by atoms with E-state index in [0.717, 1.165) is 33.6 Å². The molecule has 1 unspecified atom stereocenters. The zero-order chi connectivity index (χ0) is 25.2. The molecule has 0 radical (unpaired) electrons. The molecule has 0 aliphatic carbocycles. The standard InChI is InChI=1S/C29H31FO6/c1-17-5-8-19(26-14-25(32)28(33)27(15-31)36-26)12-21(17)11-18-6-9-22(10-7-18)34-16-23-13-20-3-2-4-24(30)29(20)35-23/h2-10,12,23,25-28,31-33H,11,13-16H2,1H3/t23?,25-,26-,27-,28+/m1/s1. The first-order valence-electron chi connectivity index (χ1n) is 12.3. The van der Waals surface area contributed by atoms with Crippen molar-refractivity contribution < 1.29 is 33.9 Å². The van der Waals surface area contributed by atoms with E-state index in [2.05, 4.69) is 13.0 Å². The summed E-state index contributed by atoms with van der Waals surface area (Å²) in [5, 5.41) is 29.7. The maximum Gasteiger partial charge on any atom is 0.165 e. The van der Waals surface area contributed by atoms with Crippen LogP contribution < -0.4 is 9.47 Å².